The number of nitrogens with zero attached hydrogens (tertiary/aromatic N) is 3. The van der Waals surface area contributed by atoms with Gasteiger partial charge in [0, 0.05) is 38.0 Å². The predicted molar refractivity (Wildman–Crippen MR) is 145 cm³/mol. The molecule has 2 aromatic rings. The number of fused-ring (bicyclic) bond motifs is 1. The van der Waals surface area contributed by atoms with E-state index in [9.17, 15) is 8.42 Å². The molecule has 0 atom stereocenters. The van der Waals surface area contributed by atoms with Gasteiger partial charge in [0.15, 0.2) is 0 Å². The number of hydrogen-bond donors (Lipinski definition) is 2. The van der Waals surface area contributed by atoms with Gasteiger partial charge in [0.05, 0.1) is 5.52 Å². The average Bonchev–Trinajstić information content (AvgIpc) is 3.14. The molecule has 2 N–H and O–H groups in total. The standard InChI is InChI=1S/C27H35N5O2S/c1-32(2)26-24-11-7-8-12-25(24)30-27(31-26)28-19-22-13-15-23(16-14-22)20-29-35(33,34)18-17-21-9-5-3-4-6-10-21/h3,5-12,17-18,22-23,29H,4,13-16,19-20H2,1-2H3,(H,28,30,31)/b18-17+. The van der Waals surface area contributed by atoms with Crippen LogP contribution in [0.5, 0.6) is 0 Å². The minimum Gasteiger partial charge on any atom is -0.362 e. The van der Waals surface area contributed by atoms with Crippen molar-refractivity contribution in [3.8, 4) is 0 Å². The molecule has 0 unspecified atom stereocenters. The van der Waals surface area contributed by atoms with Gasteiger partial charge in [0.2, 0.25) is 16.0 Å². The molecule has 35 heavy (non-hydrogen) atoms. The van der Waals surface area contributed by atoms with Crippen LogP contribution < -0.4 is 14.9 Å². The zero-order chi connectivity index (χ0) is 24.7. The normalized spacial score (nSPS) is 20.7. The van der Waals surface area contributed by atoms with Gasteiger partial charge in [-0.3, -0.25) is 0 Å². The lowest BCUT2D eigenvalue weighted by Crippen LogP contribution is -2.31. The highest BCUT2D eigenvalue weighted by Crippen LogP contribution is 2.29. The summed E-state index contributed by atoms with van der Waals surface area (Å²) in [6.45, 7) is 1.31. The van der Waals surface area contributed by atoms with Gasteiger partial charge in [-0.1, -0.05) is 42.5 Å². The summed E-state index contributed by atoms with van der Waals surface area (Å²) in [6.07, 6.45) is 16.5. The SMILES string of the molecule is CN(C)c1nc(NCC2CCC(CNS(=O)(=O)/C=C/C3=CC=CCC=C3)CC2)nc2ccccc12. The highest BCUT2D eigenvalue weighted by Gasteiger charge is 2.22. The summed E-state index contributed by atoms with van der Waals surface area (Å²) in [5.41, 5.74) is 1.81. The third-order valence-electron chi connectivity index (χ3n) is 6.54. The van der Waals surface area contributed by atoms with Crippen molar-refractivity contribution in [1.82, 2.24) is 14.7 Å². The smallest absolute Gasteiger partial charge is 0.233 e. The first-order valence-electron chi connectivity index (χ1n) is 12.3. The predicted octanol–water partition coefficient (Wildman–Crippen LogP) is 4.79. The van der Waals surface area contributed by atoms with Gasteiger partial charge in [-0.05, 0) is 67.7 Å². The third-order valence-corrected chi connectivity index (χ3v) is 7.61. The number of allylic oxidation sites excluding steroid dienone is 7. The van der Waals surface area contributed by atoms with Gasteiger partial charge in [-0.2, -0.15) is 4.98 Å². The fourth-order valence-electron chi connectivity index (χ4n) is 4.51. The first-order chi connectivity index (χ1) is 16.9. The summed E-state index contributed by atoms with van der Waals surface area (Å²) >= 11 is 0. The van der Waals surface area contributed by atoms with Gasteiger partial charge in [-0.25, -0.2) is 18.1 Å². The van der Waals surface area contributed by atoms with Crippen molar-refractivity contribution in [3.63, 3.8) is 0 Å². The molecule has 2 aliphatic carbocycles. The molecule has 0 spiro atoms. The molecule has 8 heteroatoms. The lowest BCUT2D eigenvalue weighted by atomic mass is 9.82. The minimum atomic E-state index is -3.44. The van der Waals surface area contributed by atoms with Crippen molar-refractivity contribution in [2.45, 2.75) is 32.1 Å². The maximum atomic E-state index is 12.4. The van der Waals surface area contributed by atoms with Crippen molar-refractivity contribution in [2.24, 2.45) is 11.8 Å². The van der Waals surface area contributed by atoms with E-state index in [4.69, 9.17) is 4.98 Å². The van der Waals surface area contributed by atoms with E-state index in [1.807, 2.05) is 73.6 Å². The highest BCUT2D eigenvalue weighted by atomic mass is 32.2. The zero-order valence-corrected chi connectivity index (χ0v) is 21.3. The van der Waals surface area contributed by atoms with Crippen molar-refractivity contribution in [2.75, 3.05) is 37.4 Å². The van der Waals surface area contributed by atoms with Crippen LogP contribution in [0.1, 0.15) is 32.1 Å². The second-order valence-electron chi connectivity index (χ2n) is 9.48. The van der Waals surface area contributed by atoms with Gasteiger partial charge in [0.25, 0.3) is 0 Å². The Bertz CT molecular complexity index is 1240. The van der Waals surface area contributed by atoms with E-state index >= 15 is 0 Å². The van der Waals surface area contributed by atoms with Crippen LogP contribution in [0.15, 0.2) is 71.7 Å². The Kier molecular flexibility index (Phi) is 8.36. The van der Waals surface area contributed by atoms with E-state index in [0.717, 1.165) is 60.9 Å². The number of rotatable bonds is 9. The highest BCUT2D eigenvalue weighted by molar-refractivity contribution is 7.92. The number of aromatic nitrogens is 2. The topological polar surface area (TPSA) is 87.2 Å². The third kappa shape index (κ3) is 7.26. The lowest BCUT2D eigenvalue weighted by Gasteiger charge is -2.28. The van der Waals surface area contributed by atoms with Crippen LogP contribution in [-0.2, 0) is 10.0 Å². The quantitative estimate of drug-likeness (QED) is 0.522. The number of nitrogens with one attached hydrogen (secondary N) is 2. The molecule has 186 valence electrons. The van der Waals surface area contributed by atoms with Crippen LogP contribution in [0.4, 0.5) is 11.8 Å². The van der Waals surface area contributed by atoms with Crippen LogP contribution in [0, 0.1) is 11.8 Å². The molecule has 1 aromatic heterocycles. The molecule has 0 bridgehead atoms. The van der Waals surface area contributed by atoms with Crippen LogP contribution in [0.3, 0.4) is 0 Å². The average molecular weight is 494 g/mol. The number of benzene rings is 1. The molecular weight excluding hydrogens is 458 g/mol. The fraction of sp³-hybridized carbons (Fsp3) is 0.407. The van der Waals surface area contributed by atoms with Gasteiger partial charge in [0.1, 0.15) is 5.82 Å². The number of hydrogen-bond acceptors (Lipinski definition) is 6. The minimum absolute atomic E-state index is 0.367. The Balaban J connectivity index is 1.24. The van der Waals surface area contributed by atoms with Crippen LogP contribution in [-0.4, -0.2) is 45.6 Å². The Morgan fingerprint density at radius 1 is 1.03 bits per heavy atom. The summed E-state index contributed by atoms with van der Waals surface area (Å²) in [4.78, 5) is 11.4. The maximum Gasteiger partial charge on any atom is 0.233 e. The van der Waals surface area contributed by atoms with Gasteiger partial charge >= 0.3 is 0 Å². The summed E-state index contributed by atoms with van der Waals surface area (Å²) < 4.78 is 27.6. The Morgan fingerprint density at radius 3 is 2.54 bits per heavy atom. The molecule has 0 aliphatic heterocycles. The molecule has 1 heterocycles. The second kappa shape index (κ2) is 11.6. The molecule has 7 nitrogen and oxygen atoms in total. The van der Waals surface area contributed by atoms with E-state index < -0.39 is 10.0 Å². The molecule has 4 rings (SSSR count). The van der Waals surface area contributed by atoms with Crippen molar-refractivity contribution < 1.29 is 8.42 Å². The number of sulfonamides is 1. The molecule has 0 radical (unpaired) electrons. The van der Waals surface area contributed by atoms with Crippen molar-refractivity contribution >= 4 is 32.7 Å². The van der Waals surface area contributed by atoms with Crippen LogP contribution in [0.2, 0.25) is 0 Å². The van der Waals surface area contributed by atoms with Crippen molar-refractivity contribution in [1.29, 1.82) is 0 Å². The van der Waals surface area contributed by atoms with E-state index in [1.165, 1.54) is 5.41 Å². The molecule has 0 saturated heterocycles. The lowest BCUT2D eigenvalue weighted by molar-refractivity contribution is 0.284. The zero-order valence-electron chi connectivity index (χ0n) is 20.5. The molecular formula is C27H35N5O2S. The van der Waals surface area contributed by atoms with E-state index in [0.29, 0.717) is 24.3 Å². The van der Waals surface area contributed by atoms with Crippen LogP contribution in [0.25, 0.3) is 10.9 Å². The second-order valence-corrected chi connectivity index (χ2v) is 11.1. The van der Waals surface area contributed by atoms with E-state index in [-0.39, 0.29) is 0 Å². The summed E-state index contributed by atoms with van der Waals surface area (Å²) in [6, 6.07) is 8.05. The molecule has 1 saturated carbocycles. The van der Waals surface area contributed by atoms with E-state index in [1.54, 1.807) is 6.08 Å². The maximum absolute atomic E-state index is 12.4. The Labute approximate surface area is 208 Å². The largest absolute Gasteiger partial charge is 0.362 e. The monoisotopic (exact) mass is 493 g/mol. The summed E-state index contributed by atoms with van der Waals surface area (Å²) in [5.74, 6) is 2.46. The number of anilines is 2. The van der Waals surface area contributed by atoms with Gasteiger partial charge in [-0.15, -0.1) is 0 Å². The van der Waals surface area contributed by atoms with Crippen molar-refractivity contribution in [3.05, 3.63) is 71.7 Å². The van der Waals surface area contributed by atoms with E-state index in [2.05, 4.69) is 15.0 Å². The molecule has 2 aliphatic rings. The number of para-hydroxylation sites is 1. The van der Waals surface area contributed by atoms with Crippen LogP contribution >= 0.6 is 0 Å². The molecule has 0 amide bonds. The first kappa shape index (κ1) is 25.1. The summed E-state index contributed by atoms with van der Waals surface area (Å²) in [5, 5.41) is 5.75. The van der Waals surface area contributed by atoms with Gasteiger partial charge < -0.3 is 10.2 Å². The molecule has 1 fully saturated rings. The first-order valence-corrected chi connectivity index (χ1v) is 13.8. The molecule has 1 aromatic carbocycles. The summed E-state index contributed by atoms with van der Waals surface area (Å²) in [7, 11) is 0.542. The fourth-order valence-corrected chi connectivity index (χ4v) is 5.41. The Morgan fingerprint density at radius 2 is 1.77 bits per heavy atom. The Hall–Kier alpha value is -2.97.